The van der Waals surface area contributed by atoms with E-state index in [2.05, 4.69) is 19.2 Å². The molecule has 0 spiro atoms. The summed E-state index contributed by atoms with van der Waals surface area (Å²) >= 11 is 4.17. The molecule has 0 amide bonds. The van der Waals surface area contributed by atoms with Gasteiger partial charge in [-0.15, -0.1) is 12.6 Å². The van der Waals surface area contributed by atoms with Gasteiger partial charge in [0.15, 0.2) is 0 Å². The molecule has 1 atom stereocenters. The van der Waals surface area contributed by atoms with Gasteiger partial charge >= 0.3 is 5.97 Å². The van der Waals surface area contributed by atoms with E-state index in [9.17, 15) is 4.79 Å². The molecular formula is C11H11NO3S. The van der Waals surface area contributed by atoms with E-state index in [0.29, 0.717) is 17.0 Å². The summed E-state index contributed by atoms with van der Waals surface area (Å²) in [4.78, 5) is 16.5. The number of fused-ring (bicyclic) bond motifs is 1. The van der Waals surface area contributed by atoms with Crippen molar-refractivity contribution in [3.63, 3.8) is 0 Å². The second kappa shape index (κ2) is 4.09. The highest BCUT2D eigenvalue weighted by Gasteiger charge is 2.31. The fourth-order valence-corrected chi connectivity index (χ4v) is 1.57. The molecule has 1 aliphatic rings. The smallest absolute Gasteiger partial charge is 0.358 e. The maximum absolute atomic E-state index is 11.4. The van der Waals surface area contributed by atoms with Gasteiger partial charge in [-0.05, 0) is 19.1 Å². The number of hydroxylamine groups is 1. The van der Waals surface area contributed by atoms with E-state index in [1.165, 1.54) is 5.06 Å². The van der Waals surface area contributed by atoms with E-state index in [0.717, 1.165) is 0 Å². The summed E-state index contributed by atoms with van der Waals surface area (Å²) in [5.41, 5.74) is 0.378. The number of carbonyl (C=O) groups is 1. The Bertz CT molecular complexity index is 447. The summed E-state index contributed by atoms with van der Waals surface area (Å²) in [6.45, 7) is 5.09. The Labute approximate surface area is 98.8 Å². The molecule has 1 aromatic rings. The lowest BCUT2D eigenvalue weighted by Crippen LogP contribution is -2.32. The molecule has 84 valence electrons. The van der Waals surface area contributed by atoms with E-state index < -0.39 is 11.5 Å². The Kier molecular flexibility index (Phi) is 2.78. The van der Waals surface area contributed by atoms with Gasteiger partial charge in [0, 0.05) is 5.57 Å². The van der Waals surface area contributed by atoms with Crippen molar-refractivity contribution < 1.29 is 14.4 Å². The van der Waals surface area contributed by atoms with Crippen molar-refractivity contribution in [2.24, 2.45) is 0 Å². The fourth-order valence-electron chi connectivity index (χ4n) is 1.28. The molecule has 0 saturated heterocycles. The minimum absolute atomic E-state index is 0.324. The Morgan fingerprint density at radius 2 is 2.25 bits per heavy atom. The lowest BCUT2D eigenvalue weighted by Gasteiger charge is -2.19. The molecule has 0 bridgehead atoms. The van der Waals surface area contributed by atoms with Crippen LogP contribution < -0.4 is 9.80 Å². The number of hydrogen-bond acceptors (Lipinski definition) is 5. The molecule has 5 heteroatoms. The number of benzene rings is 1. The van der Waals surface area contributed by atoms with Crippen molar-refractivity contribution in [2.75, 3.05) is 5.06 Å². The number of carbonyl (C=O) groups excluding carboxylic acids is 1. The van der Waals surface area contributed by atoms with E-state index in [-0.39, 0.29) is 0 Å². The molecule has 0 aromatic heterocycles. The number of para-hydroxylation sites is 2. The zero-order chi connectivity index (χ0) is 11.7. The van der Waals surface area contributed by atoms with Gasteiger partial charge < -0.3 is 9.57 Å². The Balaban J connectivity index is 2.22. The molecule has 2 rings (SSSR count). The molecule has 0 fully saturated rings. The molecular weight excluding hydrogens is 226 g/mol. The zero-order valence-corrected chi connectivity index (χ0v) is 9.61. The third-order valence-electron chi connectivity index (χ3n) is 2.07. The first kappa shape index (κ1) is 10.9. The van der Waals surface area contributed by atoms with Crippen LogP contribution in [0.25, 0.3) is 0 Å². The van der Waals surface area contributed by atoms with Crippen molar-refractivity contribution in [1.29, 1.82) is 0 Å². The van der Waals surface area contributed by atoms with Gasteiger partial charge in [-0.1, -0.05) is 18.7 Å². The van der Waals surface area contributed by atoms with E-state index >= 15 is 0 Å². The number of hydrogen-bond donors (Lipinski definition) is 1. The number of rotatable bonds is 2. The topological polar surface area (TPSA) is 38.8 Å². The number of anilines is 1. The van der Waals surface area contributed by atoms with Gasteiger partial charge in [-0.25, -0.2) is 4.79 Å². The second-order valence-electron chi connectivity index (χ2n) is 3.40. The lowest BCUT2D eigenvalue weighted by molar-refractivity contribution is -0.141. The predicted octanol–water partition coefficient (Wildman–Crippen LogP) is 2.13. The van der Waals surface area contributed by atoms with Crippen LogP contribution in [0.2, 0.25) is 0 Å². The molecule has 0 N–H and O–H groups in total. The molecule has 1 aliphatic heterocycles. The number of nitrogens with zero attached hydrogens (tertiary/aromatic N) is 1. The molecule has 0 radical (unpaired) electrons. The van der Waals surface area contributed by atoms with E-state index in [1.54, 1.807) is 19.1 Å². The normalized spacial score (nSPS) is 17.6. The molecule has 0 saturated carbocycles. The average molecular weight is 237 g/mol. The van der Waals surface area contributed by atoms with Gasteiger partial charge in [0.05, 0.1) is 0 Å². The molecule has 16 heavy (non-hydrogen) atoms. The van der Waals surface area contributed by atoms with Gasteiger partial charge in [0.1, 0.15) is 11.4 Å². The van der Waals surface area contributed by atoms with Crippen molar-refractivity contribution in [1.82, 2.24) is 0 Å². The first-order valence-electron chi connectivity index (χ1n) is 4.70. The highest BCUT2D eigenvalue weighted by atomic mass is 32.1. The van der Waals surface area contributed by atoms with Gasteiger partial charge in [-0.2, -0.15) is 5.06 Å². The minimum atomic E-state index is -0.624. The first-order valence-corrected chi connectivity index (χ1v) is 5.22. The predicted molar refractivity (Wildman–Crippen MR) is 63.2 cm³/mol. The summed E-state index contributed by atoms with van der Waals surface area (Å²) in [5.74, 6) is 0.136. The van der Waals surface area contributed by atoms with Crippen LogP contribution in [0.4, 0.5) is 5.69 Å². The highest BCUT2D eigenvalue weighted by Crippen LogP contribution is 2.38. The van der Waals surface area contributed by atoms with Crippen LogP contribution >= 0.6 is 12.6 Å². The van der Waals surface area contributed by atoms with E-state index in [1.807, 2.05) is 12.1 Å². The summed E-state index contributed by atoms with van der Waals surface area (Å²) in [6.07, 6.45) is 0. The highest BCUT2D eigenvalue weighted by molar-refractivity contribution is 7.80. The minimum Gasteiger partial charge on any atom is -0.456 e. The van der Waals surface area contributed by atoms with Crippen LogP contribution in [0.1, 0.15) is 6.92 Å². The number of thiol groups is 1. The van der Waals surface area contributed by atoms with Gasteiger partial charge in [-0.3, -0.25) is 0 Å². The van der Waals surface area contributed by atoms with Crippen molar-refractivity contribution in [2.45, 2.75) is 12.5 Å². The molecule has 4 nitrogen and oxygen atoms in total. The van der Waals surface area contributed by atoms with Crippen LogP contribution in [0.5, 0.6) is 5.75 Å². The third kappa shape index (κ3) is 1.86. The second-order valence-corrected chi connectivity index (χ2v) is 3.84. The Morgan fingerprint density at radius 3 is 2.94 bits per heavy atom. The zero-order valence-electron chi connectivity index (χ0n) is 8.71. The first-order chi connectivity index (χ1) is 7.59. The molecule has 1 unspecified atom stereocenters. The summed E-state index contributed by atoms with van der Waals surface area (Å²) in [5, 5.41) is 1.31. The van der Waals surface area contributed by atoms with Gasteiger partial charge in [0.2, 0.25) is 0 Å². The third-order valence-corrected chi connectivity index (χ3v) is 2.38. The van der Waals surface area contributed by atoms with Crippen molar-refractivity contribution >= 4 is 24.3 Å². The lowest BCUT2D eigenvalue weighted by atomic mass is 10.3. The standard InChI is InChI=1S/C11H11NO3S/c1-7(2)10(13)15-12-8-5-3-4-6-9(8)14-11(12)16/h3-6,11,16H,1H2,2H3. The molecule has 1 aromatic carbocycles. The largest absolute Gasteiger partial charge is 0.456 e. The van der Waals surface area contributed by atoms with Crippen LogP contribution in [0, 0.1) is 0 Å². The number of ether oxygens (including phenoxy) is 1. The van der Waals surface area contributed by atoms with E-state index in [4.69, 9.17) is 9.57 Å². The Hall–Kier alpha value is -1.62. The van der Waals surface area contributed by atoms with Crippen molar-refractivity contribution in [3.8, 4) is 5.75 Å². The van der Waals surface area contributed by atoms with Crippen LogP contribution in [-0.4, -0.2) is 11.5 Å². The molecule has 0 aliphatic carbocycles. The maximum Gasteiger partial charge on any atom is 0.358 e. The Morgan fingerprint density at radius 1 is 1.56 bits per heavy atom. The van der Waals surface area contributed by atoms with Gasteiger partial charge in [0.25, 0.3) is 5.56 Å². The summed E-state index contributed by atoms with van der Waals surface area (Å²) < 4.78 is 5.38. The van der Waals surface area contributed by atoms with Crippen LogP contribution in [-0.2, 0) is 9.63 Å². The van der Waals surface area contributed by atoms with Crippen LogP contribution in [0.15, 0.2) is 36.4 Å². The van der Waals surface area contributed by atoms with Crippen molar-refractivity contribution in [3.05, 3.63) is 36.4 Å². The van der Waals surface area contributed by atoms with Crippen LogP contribution in [0.3, 0.4) is 0 Å². The summed E-state index contributed by atoms with van der Waals surface area (Å²) in [7, 11) is 0. The average Bonchev–Trinajstić information content (AvgIpc) is 2.55. The fraction of sp³-hybridized carbons (Fsp3) is 0.182. The quantitative estimate of drug-likeness (QED) is 0.631. The molecule has 1 heterocycles. The summed E-state index contributed by atoms with van der Waals surface area (Å²) in [6, 6.07) is 7.24. The monoisotopic (exact) mass is 237 g/mol. The maximum atomic E-state index is 11.4. The SMILES string of the molecule is C=C(C)C(=O)ON1c2ccccc2OC1S.